The van der Waals surface area contributed by atoms with Crippen LogP contribution in [0.2, 0.25) is 0 Å². The molecule has 0 aliphatic heterocycles. The van der Waals surface area contributed by atoms with Crippen molar-refractivity contribution in [2.75, 3.05) is 6.61 Å². The number of aromatic nitrogens is 1. The largest absolute Gasteiger partial charge is 0.477 e. The zero-order valence-electron chi connectivity index (χ0n) is 8.83. The normalized spacial score (nSPS) is 9.65. The Morgan fingerprint density at radius 2 is 2.41 bits per heavy atom. The van der Waals surface area contributed by atoms with Gasteiger partial charge < -0.3 is 9.84 Å². The Balaban J connectivity index is 3.00. The van der Waals surface area contributed by atoms with Gasteiger partial charge in [-0.15, -0.1) is 6.58 Å². The van der Waals surface area contributed by atoms with E-state index in [1.54, 1.807) is 6.08 Å². The molecular weight excluding hydrogens is 228 g/mol. The lowest BCUT2D eigenvalue weighted by Crippen LogP contribution is -2.07. The summed E-state index contributed by atoms with van der Waals surface area (Å²) in [5, 5.41) is 19.3. The van der Waals surface area contributed by atoms with Crippen LogP contribution in [0.15, 0.2) is 24.9 Å². The van der Waals surface area contributed by atoms with Crippen LogP contribution in [0.25, 0.3) is 0 Å². The minimum Gasteiger partial charge on any atom is -0.477 e. The summed E-state index contributed by atoms with van der Waals surface area (Å²) < 4.78 is 5.09. The Bertz CT molecular complexity index is 458. The van der Waals surface area contributed by atoms with Crippen LogP contribution in [0.1, 0.15) is 16.8 Å². The zero-order chi connectivity index (χ0) is 12.8. The molecule has 0 aliphatic rings. The van der Waals surface area contributed by atoms with Gasteiger partial charge >= 0.3 is 5.97 Å². The number of hydrogen-bond donors (Lipinski definition) is 1. The lowest BCUT2D eigenvalue weighted by atomic mass is 10.2. The highest BCUT2D eigenvalue weighted by Gasteiger charge is 2.18. The molecular formula is C10H10N2O5. The maximum Gasteiger partial charge on any atom is 0.341 e. The van der Waals surface area contributed by atoms with Gasteiger partial charge in [-0.1, -0.05) is 6.08 Å². The first-order chi connectivity index (χ1) is 8.06. The summed E-state index contributed by atoms with van der Waals surface area (Å²) in [5.74, 6) is -1.46. The molecule has 0 aromatic carbocycles. The fourth-order valence-electron chi connectivity index (χ4n) is 1.05. The Hall–Kier alpha value is -2.44. The molecule has 0 amide bonds. The van der Waals surface area contributed by atoms with Crippen molar-refractivity contribution in [2.45, 2.75) is 6.42 Å². The summed E-state index contributed by atoms with van der Waals surface area (Å²) in [5.41, 5.74) is -0.721. The van der Waals surface area contributed by atoms with Gasteiger partial charge in [0.05, 0.1) is 11.5 Å². The van der Waals surface area contributed by atoms with Crippen molar-refractivity contribution in [3.63, 3.8) is 0 Å². The third kappa shape index (κ3) is 3.26. The molecule has 1 aromatic rings. The number of carboxylic acid groups (broad SMARTS) is 1. The Morgan fingerprint density at radius 3 is 2.94 bits per heavy atom. The van der Waals surface area contributed by atoms with Crippen LogP contribution in [-0.4, -0.2) is 27.6 Å². The van der Waals surface area contributed by atoms with Crippen LogP contribution in [0.5, 0.6) is 5.88 Å². The van der Waals surface area contributed by atoms with E-state index in [-0.39, 0.29) is 18.1 Å². The van der Waals surface area contributed by atoms with Gasteiger partial charge in [0.25, 0.3) is 5.69 Å². The fourth-order valence-corrected chi connectivity index (χ4v) is 1.05. The first kappa shape index (κ1) is 12.6. The van der Waals surface area contributed by atoms with E-state index in [4.69, 9.17) is 9.84 Å². The van der Waals surface area contributed by atoms with Crippen LogP contribution >= 0.6 is 0 Å². The standard InChI is InChI=1S/C10H10N2O5/c1-2-3-4-17-9-8(10(13)14)5-7(6-11-9)12(15)16/h2,5-6H,1,3-4H2,(H,13,14). The number of hydrogen-bond acceptors (Lipinski definition) is 5. The first-order valence-electron chi connectivity index (χ1n) is 4.67. The molecule has 7 nitrogen and oxygen atoms in total. The van der Waals surface area contributed by atoms with E-state index in [9.17, 15) is 14.9 Å². The second-order valence-electron chi connectivity index (χ2n) is 3.03. The average Bonchev–Trinajstić information content (AvgIpc) is 2.29. The predicted molar refractivity (Wildman–Crippen MR) is 58.2 cm³/mol. The molecule has 0 fully saturated rings. The molecule has 1 rings (SSSR count). The van der Waals surface area contributed by atoms with Crippen molar-refractivity contribution >= 4 is 11.7 Å². The molecule has 0 saturated carbocycles. The van der Waals surface area contributed by atoms with Crippen LogP contribution in [-0.2, 0) is 0 Å². The fraction of sp³-hybridized carbons (Fsp3) is 0.200. The number of rotatable bonds is 6. The van der Waals surface area contributed by atoms with Crippen LogP contribution in [0.3, 0.4) is 0 Å². The van der Waals surface area contributed by atoms with E-state index in [0.29, 0.717) is 6.42 Å². The smallest absolute Gasteiger partial charge is 0.341 e. The summed E-state index contributed by atoms with van der Waals surface area (Å²) in [6.45, 7) is 3.70. The molecule has 0 saturated heterocycles. The van der Waals surface area contributed by atoms with Crippen molar-refractivity contribution in [2.24, 2.45) is 0 Å². The predicted octanol–water partition coefficient (Wildman–Crippen LogP) is 1.64. The van der Waals surface area contributed by atoms with Crippen molar-refractivity contribution in [1.29, 1.82) is 0 Å². The lowest BCUT2D eigenvalue weighted by molar-refractivity contribution is -0.385. The second-order valence-corrected chi connectivity index (χ2v) is 3.03. The molecule has 0 aliphatic carbocycles. The summed E-state index contributed by atoms with van der Waals surface area (Å²) in [6, 6.07) is 0.915. The number of nitrogens with zero attached hydrogens (tertiary/aromatic N) is 2. The minimum atomic E-state index is -1.32. The third-order valence-electron chi connectivity index (χ3n) is 1.84. The van der Waals surface area contributed by atoms with E-state index < -0.39 is 16.6 Å². The molecule has 1 N–H and O–H groups in total. The third-order valence-corrected chi connectivity index (χ3v) is 1.84. The van der Waals surface area contributed by atoms with Gasteiger partial charge in [0.1, 0.15) is 11.8 Å². The molecule has 1 heterocycles. The number of nitro groups is 1. The summed E-state index contributed by atoms with van der Waals surface area (Å²) in [7, 11) is 0. The molecule has 17 heavy (non-hydrogen) atoms. The SMILES string of the molecule is C=CCCOc1ncc([N+](=O)[O-])cc1C(=O)O. The number of carbonyl (C=O) groups is 1. The van der Waals surface area contributed by atoms with Crippen molar-refractivity contribution in [3.8, 4) is 5.88 Å². The molecule has 0 spiro atoms. The van der Waals surface area contributed by atoms with Gasteiger partial charge in [0, 0.05) is 6.07 Å². The molecule has 1 aromatic heterocycles. The van der Waals surface area contributed by atoms with E-state index in [1.165, 1.54) is 0 Å². The summed E-state index contributed by atoms with van der Waals surface area (Å²) in [6.07, 6.45) is 3.08. The van der Waals surface area contributed by atoms with Gasteiger partial charge in [0.15, 0.2) is 0 Å². The zero-order valence-corrected chi connectivity index (χ0v) is 8.83. The number of aromatic carboxylic acids is 1. The first-order valence-corrected chi connectivity index (χ1v) is 4.67. The van der Waals surface area contributed by atoms with E-state index >= 15 is 0 Å². The van der Waals surface area contributed by atoms with Crippen molar-refractivity contribution in [1.82, 2.24) is 4.98 Å². The highest BCUT2D eigenvalue weighted by atomic mass is 16.6. The molecule has 90 valence electrons. The average molecular weight is 238 g/mol. The Labute approximate surface area is 96.5 Å². The maximum atomic E-state index is 10.9. The Morgan fingerprint density at radius 1 is 1.71 bits per heavy atom. The van der Waals surface area contributed by atoms with Crippen LogP contribution < -0.4 is 4.74 Å². The quantitative estimate of drug-likeness (QED) is 0.350. The summed E-state index contributed by atoms with van der Waals surface area (Å²) >= 11 is 0. The van der Waals surface area contributed by atoms with Crippen molar-refractivity contribution in [3.05, 3.63) is 40.6 Å². The Kier molecular flexibility index (Phi) is 4.15. The molecule has 7 heteroatoms. The number of pyridine rings is 1. The molecule has 0 radical (unpaired) electrons. The highest BCUT2D eigenvalue weighted by molar-refractivity contribution is 5.90. The van der Waals surface area contributed by atoms with Crippen molar-refractivity contribution < 1.29 is 19.6 Å². The minimum absolute atomic E-state index is 0.134. The van der Waals surface area contributed by atoms with Gasteiger partial charge in [-0.2, -0.15) is 0 Å². The van der Waals surface area contributed by atoms with Crippen LogP contribution in [0.4, 0.5) is 5.69 Å². The monoisotopic (exact) mass is 238 g/mol. The van der Waals surface area contributed by atoms with Gasteiger partial charge in [-0.05, 0) is 6.42 Å². The number of ether oxygens (including phenoxy) is 1. The molecule has 0 bridgehead atoms. The highest BCUT2D eigenvalue weighted by Crippen LogP contribution is 2.21. The van der Waals surface area contributed by atoms with Gasteiger partial charge in [-0.25, -0.2) is 9.78 Å². The van der Waals surface area contributed by atoms with E-state index in [1.807, 2.05) is 0 Å². The molecule has 0 atom stereocenters. The maximum absolute atomic E-state index is 10.9. The molecule has 0 unspecified atom stereocenters. The van der Waals surface area contributed by atoms with E-state index in [2.05, 4.69) is 11.6 Å². The second kappa shape index (κ2) is 5.59. The van der Waals surface area contributed by atoms with Crippen LogP contribution in [0, 0.1) is 10.1 Å². The van der Waals surface area contributed by atoms with Gasteiger partial charge in [0.2, 0.25) is 5.88 Å². The van der Waals surface area contributed by atoms with Gasteiger partial charge in [-0.3, -0.25) is 10.1 Å². The lowest BCUT2D eigenvalue weighted by Gasteiger charge is -2.06. The summed E-state index contributed by atoms with van der Waals surface area (Å²) in [4.78, 5) is 24.2. The topological polar surface area (TPSA) is 103 Å². The van der Waals surface area contributed by atoms with E-state index in [0.717, 1.165) is 12.3 Å². The number of carboxylic acids is 1.